The molecular formula is C14H18BrN3O2. The van der Waals surface area contributed by atoms with E-state index in [1.165, 1.54) is 6.21 Å². The summed E-state index contributed by atoms with van der Waals surface area (Å²) in [4.78, 5) is 22.9. The van der Waals surface area contributed by atoms with E-state index in [4.69, 9.17) is 0 Å². The van der Waals surface area contributed by atoms with Crippen molar-refractivity contribution >= 4 is 34.0 Å². The van der Waals surface area contributed by atoms with Crippen LogP contribution in [0.15, 0.2) is 33.8 Å². The third-order valence-corrected chi connectivity index (χ3v) is 2.77. The van der Waals surface area contributed by atoms with Gasteiger partial charge in [-0.05, 0) is 23.6 Å². The van der Waals surface area contributed by atoms with E-state index in [9.17, 15) is 9.59 Å². The van der Waals surface area contributed by atoms with Crippen LogP contribution in [0.4, 0.5) is 0 Å². The molecule has 0 aliphatic carbocycles. The van der Waals surface area contributed by atoms with Gasteiger partial charge in [0.2, 0.25) is 11.8 Å². The quantitative estimate of drug-likeness (QED) is 0.473. The fourth-order valence-electron chi connectivity index (χ4n) is 1.33. The Labute approximate surface area is 127 Å². The Kier molecular flexibility index (Phi) is 6.93. The molecule has 0 fully saturated rings. The number of nitrogens with one attached hydrogen (secondary N) is 2. The van der Waals surface area contributed by atoms with Crippen molar-refractivity contribution in [2.24, 2.45) is 11.0 Å². The zero-order valence-corrected chi connectivity index (χ0v) is 13.1. The second-order valence-corrected chi connectivity index (χ2v) is 5.64. The molecule has 0 radical (unpaired) electrons. The third kappa shape index (κ3) is 7.04. The number of hydrogen-bond acceptors (Lipinski definition) is 3. The molecule has 0 spiro atoms. The number of rotatable bonds is 6. The van der Waals surface area contributed by atoms with Gasteiger partial charge in [-0.1, -0.05) is 41.9 Å². The van der Waals surface area contributed by atoms with Gasteiger partial charge in [0.25, 0.3) is 0 Å². The molecule has 0 aromatic heterocycles. The fourth-order valence-corrected chi connectivity index (χ4v) is 1.75. The van der Waals surface area contributed by atoms with Crippen LogP contribution in [0, 0.1) is 5.92 Å². The Hall–Kier alpha value is -1.69. The lowest BCUT2D eigenvalue weighted by atomic mass is 10.2. The highest BCUT2D eigenvalue weighted by Gasteiger charge is 2.08. The van der Waals surface area contributed by atoms with E-state index in [-0.39, 0.29) is 12.3 Å². The smallest absolute Gasteiger partial charge is 0.249 e. The summed E-state index contributed by atoms with van der Waals surface area (Å²) < 4.78 is 0.931. The van der Waals surface area contributed by atoms with Gasteiger partial charge in [0.1, 0.15) is 6.42 Å². The van der Waals surface area contributed by atoms with Crippen molar-refractivity contribution in [2.45, 2.75) is 20.3 Å². The van der Waals surface area contributed by atoms with Crippen molar-refractivity contribution in [2.75, 3.05) is 6.54 Å². The zero-order chi connectivity index (χ0) is 15.0. The summed E-state index contributed by atoms with van der Waals surface area (Å²) in [5, 5.41) is 6.48. The lowest BCUT2D eigenvalue weighted by molar-refractivity contribution is -0.129. The maximum atomic E-state index is 11.5. The van der Waals surface area contributed by atoms with Crippen molar-refractivity contribution in [3.63, 3.8) is 0 Å². The molecule has 20 heavy (non-hydrogen) atoms. The zero-order valence-electron chi connectivity index (χ0n) is 11.5. The van der Waals surface area contributed by atoms with Crippen LogP contribution in [0.5, 0.6) is 0 Å². The standard InChI is InChI=1S/C14H18BrN3O2/c1-10(2)8-16-13(19)7-14(20)18-17-9-11-4-3-5-12(15)6-11/h3-6,9-10H,7-8H2,1-2H3,(H,16,19)(H,18,20)/b17-9-. The van der Waals surface area contributed by atoms with Crippen LogP contribution in [0.25, 0.3) is 0 Å². The predicted molar refractivity (Wildman–Crippen MR) is 82.3 cm³/mol. The Morgan fingerprint density at radius 1 is 1.35 bits per heavy atom. The molecular weight excluding hydrogens is 322 g/mol. The van der Waals surface area contributed by atoms with E-state index in [1.54, 1.807) is 0 Å². The molecule has 0 bridgehead atoms. The molecule has 0 aliphatic heterocycles. The molecule has 0 atom stereocenters. The molecule has 0 saturated heterocycles. The maximum absolute atomic E-state index is 11.5. The maximum Gasteiger partial charge on any atom is 0.249 e. The molecule has 1 rings (SSSR count). The fraction of sp³-hybridized carbons (Fsp3) is 0.357. The van der Waals surface area contributed by atoms with Crippen LogP contribution in [-0.4, -0.2) is 24.6 Å². The molecule has 0 unspecified atom stereocenters. The van der Waals surface area contributed by atoms with Crippen molar-refractivity contribution in [1.29, 1.82) is 0 Å². The number of hydrogen-bond donors (Lipinski definition) is 2. The lowest BCUT2D eigenvalue weighted by Crippen LogP contribution is -2.32. The topological polar surface area (TPSA) is 70.6 Å². The minimum Gasteiger partial charge on any atom is -0.355 e. The van der Waals surface area contributed by atoms with Gasteiger partial charge in [0, 0.05) is 11.0 Å². The van der Waals surface area contributed by atoms with Gasteiger partial charge in [0.05, 0.1) is 6.21 Å². The van der Waals surface area contributed by atoms with Gasteiger partial charge in [-0.3, -0.25) is 9.59 Å². The molecule has 6 heteroatoms. The van der Waals surface area contributed by atoms with Crippen LogP contribution in [0.2, 0.25) is 0 Å². The molecule has 108 valence electrons. The summed E-state index contributed by atoms with van der Waals surface area (Å²) in [6, 6.07) is 7.49. The van der Waals surface area contributed by atoms with Gasteiger partial charge in [-0.15, -0.1) is 0 Å². The Bertz CT molecular complexity index is 501. The normalized spacial score (nSPS) is 10.8. The van der Waals surface area contributed by atoms with Gasteiger partial charge in [-0.25, -0.2) is 5.43 Å². The first-order valence-corrected chi connectivity index (χ1v) is 7.11. The molecule has 1 aromatic carbocycles. The molecule has 2 amide bonds. The first kappa shape index (κ1) is 16.4. The number of nitrogens with zero attached hydrogens (tertiary/aromatic N) is 1. The molecule has 0 heterocycles. The van der Waals surface area contributed by atoms with Crippen LogP contribution >= 0.6 is 15.9 Å². The van der Waals surface area contributed by atoms with Gasteiger partial charge in [0.15, 0.2) is 0 Å². The van der Waals surface area contributed by atoms with Crippen LogP contribution in [0.1, 0.15) is 25.8 Å². The summed E-state index contributed by atoms with van der Waals surface area (Å²) in [7, 11) is 0. The number of hydrazone groups is 1. The van der Waals surface area contributed by atoms with Gasteiger partial charge in [-0.2, -0.15) is 5.10 Å². The lowest BCUT2D eigenvalue weighted by Gasteiger charge is -2.06. The van der Waals surface area contributed by atoms with E-state index in [0.29, 0.717) is 12.5 Å². The SMILES string of the molecule is CC(C)CNC(=O)CC(=O)N/N=C\c1cccc(Br)c1. The van der Waals surface area contributed by atoms with E-state index in [0.717, 1.165) is 10.0 Å². The first-order valence-electron chi connectivity index (χ1n) is 6.31. The number of carbonyl (C=O) groups excluding carboxylic acids is 2. The Balaban J connectivity index is 2.34. The largest absolute Gasteiger partial charge is 0.355 e. The number of benzene rings is 1. The molecule has 0 saturated carbocycles. The summed E-state index contributed by atoms with van der Waals surface area (Å²) >= 11 is 3.34. The first-order chi connectivity index (χ1) is 9.47. The molecule has 1 aromatic rings. The summed E-state index contributed by atoms with van der Waals surface area (Å²) in [5.41, 5.74) is 3.17. The Morgan fingerprint density at radius 2 is 2.10 bits per heavy atom. The van der Waals surface area contributed by atoms with E-state index >= 15 is 0 Å². The summed E-state index contributed by atoms with van der Waals surface area (Å²) in [5.74, 6) is -0.372. The van der Waals surface area contributed by atoms with E-state index in [2.05, 4.69) is 31.8 Å². The van der Waals surface area contributed by atoms with Gasteiger partial charge < -0.3 is 5.32 Å². The highest BCUT2D eigenvalue weighted by molar-refractivity contribution is 9.10. The van der Waals surface area contributed by atoms with Gasteiger partial charge >= 0.3 is 0 Å². The predicted octanol–water partition coefficient (Wildman–Crippen LogP) is 2.06. The third-order valence-electron chi connectivity index (χ3n) is 2.28. The minimum absolute atomic E-state index is 0.220. The average Bonchev–Trinajstić information content (AvgIpc) is 2.36. The molecule has 2 N–H and O–H groups in total. The monoisotopic (exact) mass is 339 g/mol. The highest BCUT2D eigenvalue weighted by atomic mass is 79.9. The summed E-state index contributed by atoms with van der Waals surface area (Å²) in [6.45, 7) is 4.54. The van der Waals surface area contributed by atoms with E-state index < -0.39 is 5.91 Å². The Morgan fingerprint density at radius 3 is 2.75 bits per heavy atom. The van der Waals surface area contributed by atoms with Crippen LogP contribution in [0.3, 0.4) is 0 Å². The summed E-state index contributed by atoms with van der Waals surface area (Å²) in [6.07, 6.45) is 1.30. The highest BCUT2D eigenvalue weighted by Crippen LogP contribution is 2.09. The van der Waals surface area contributed by atoms with Crippen LogP contribution in [-0.2, 0) is 9.59 Å². The minimum atomic E-state index is -0.433. The van der Waals surface area contributed by atoms with Crippen molar-refractivity contribution in [3.05, 3.63) is 34.3 Å². The van der Waals surface area contributed by atoms with E-state index in [1.807, 2.05) is 38.1 Å². The molecule has 0 aliphatic rings. The van der Waals surface area contributed by atoms with Crippen molar-refractivity contribution < 1.29 is 9.59 Å². The van der Waals surface area contributed by atoms with Crippen LogP contribution < -0.4 is 10.7 Å². The number of carbonyl (C=O) groups is 2. The second-order valence-electron chi connectivity index (χ2n) is 4.72. The van der Waals surface area contributed by atoms with Crippen molar-refractivity contribution in [1.82, 2.24) is 10.7 Å². The average molecular weight is 340 g/mol. The molecule has 5 nitrogen and oxygen atoms in total. The number of amides is 2. The second kappa shape index (κ2) is 8.47. The number of halogens is 1. The van der Waals surface area contributed by atoms with Crippen molar-refractivity contribution in [3.8, 4) is 0 Å².